The molecule has 0 spiro atoms. The third-order valence-corrected chi connectivity index (χ3v) is 3.11. The molecule has 0 aliphatic rings. The van der Waals surface area contributed by atoms with Gasteiger partial charge in [0.05, 0.1) is 13.0 Å². The van der Waals surface area contributed by atoms with Crippen molar-refractivity contribution in [3.05, 3.63) is 22.8 Å². The first-order valence-corrected chi connectivity index (χ1v) is 5.47. The van der Waals surface area contributed by atoms with E-state index in [1.807, 2.05) is 6.92 Å². The predicted molar refractivity (Wildman–Crippen MR) is 64.6 cm³/mol. The van der Waals surface area contributed by atoms with Gasteiger partial charge in [-0.05, 0) is 43.0 Å². The maximum atomic E-state index is 10.8. The van der Waals surface area contributed by atoms with Crippen molar-refractivity contribution in [2.24, 2.45) is 5.92 Å². The van der Waals surface area contributed by atoms with Crippen molar-refractivity contribution in [1.29, 1.82) is 0 Å². The van der Waals surface area contributed by atoms with Crippen LogP contribution < -0.4 is 4.74 Å². The van der Waals surface area contributed by atoms with E-state index >= 15 is 0 Å². The zero-order valence-electron chi connectivity index (χ0n) is 10.6. The molecule has 0 aromatic heterocycles. The smallest absolute Gasteiger partial charge is 0.306 e. The van der Waals surface area contributed by atoms with E-state index in [2.05, 4.69) is 0 Å². The van der Waals surface area contributed by atoms with E-state index in [1.54, 1.807) is 19.9 Å². The van der Waals surface area contributed by atoms with Crippen LogP contribution in [0.15, 0.2) is 6.07 Å². The monoisotopic (exact) mass is 238 g/mol. The van der Waals surface area contributed by atoms with Gasteiger partial charge in [-0.15, -0.1) is 0 Å². The Hall–Kier alpha value is -1.71. The fraction of sp³-hybridized carbons (Fsp3) is 0.462. The molecule has 0 fully saturated rings. The summed E-state index contributed by atoms with van der Waals surface area (Å²) in [5.74, 6) is -0.770. The molecular weight excluding hydrogens is 220 g/mol. The van der Waals surface area contributed by atoms with Crippen LogP contribution in [0, 0.1) is 19.8 Å². The zero-order chi connectivity index (χ0) is 13.2. The van der Waals surface area contributed by atoms with E-state index in [4.69, 9.17) is 9.84 Å². The molecule has 0 amide bonds. The molecule has 0 saturated carbocycles. The molecule has 1 atom stereocenters. The summed E-state index contributed by atoms with van der Waals surface area (Å²) in [6.45, 7) is 5.33. The van der Waals surface area contributed by atoms with Gasteiger partial charge in [-0.1, -0.05) is 6.92 Å². The van der Waals surface area contributed by atoms with Gasteiger partial charge in [-0.25, -0.2) is 0 Å². The summed E-state index contributed by atoms with van der Waals surface area (Å²) in [7, 11) is 1.48. The summed E-state index contributed by atoms with van der Waals surface area (Å²) in [5, 5.41) is 18.7. The van der Waals surface area contributed by atoms with Crippen molar-refractivity contribution in [1.82, 2.24) is 0 Å². The molecule has 4 nitrogen and oxygen atoms in total. The van der Waals surface area contributed by atoms with Crippen molar-refractivity contribution in [2.75, 3.05) is 7.11 Å². The van der Waals surface area contributed by atoms with Crippen molar-refractivity contribution in [3.8, 4) is 11.5 Å². The van der Waals surface area contributed by atoms with Crippen molar-refractivity contribution in [3.63, 3.8) is 0 Å². The minimum atomic E-state index is -0.825. The molecule has 1 rings (SSSR count). The number of benzene rings is 1. The van der Waals surface area contributed by atoms with E-state index in [9.17, 15) is 9.90 Å². The van der Waals surface area contributed by atoms with Crippen molar-refractivity contribution in [2.45, 2.75) is 27.2 Å². The van der Waals surface area contributed by atoms with Crippen LogP contribution in [0.25, 0.3) is 0 Å². The number of aromatic hydroxyl groups is 1. The fourth-order valence-corrected chi connectivity index (χ4v) is 1.72. The standard InChI is InChI=1S/C13H18O4/c1-7(13(15)16)5-10-6-11(17-4)12(14)9(3)8(10)2/h6-7,14H,5H2,1-4H3,(H,15,16). The Morgan fingerprint density at radius 1 is 1.41 bits per heavy atom. The largest absolute Gasteiger partial charge is 0.504 e. The van der Waals surface area contributed by atoms with Crippen LogP contribution in [0.5, 0.6) is 11.5 Å². The van der Waals surface area contributed by atoms with Crippen LogP contribution >= 0.6 is 0 Å². The number of carboxylic acid groups (broad SMARTS) is 1. The lowest BCUT2D eigenvalue weighted by atomic mass is 9.94. The van der Waals surface area contributed by atoms with Gasteiger partial charge in [0.15, 0.2) is 11.5 Å². The number of phenolic OH excluding ortho intramolecular Hbond substituents is 1. The lowest BCUT2D eigenvalue weighted by Gasteiger charge is -2.15. The topological polar surface area (TPSA) is 66.8 Å². The van der Waals surface area contributed by atoms with Crippen LogP contribution in [0.3, 0.4) is 0 Å². The first kappa shape index (κ1) is 13.4. The normalized spacial score (nSPS) is 12.2. The summed E-state index contributed by atoms with van der Waals surface area (Å²) in [4.78, 5) is 10.8. The van der Waals surface area contributed by atoms with E-state index in [0.717, 1.165) is 16.7 Å². The highest BCUT2D eigenvalue weighted by atomic mass is 16.5. The number of hydrogen-bond acceptors (Lipinski definition) is 3. The second kappa shape index (κ2) is 5.08. The lowest BCUT2D eigenvalue weighted by molar-refractivity contribution is -0.141. The van der Waals surface area contributed by atoms with E-state index in [-0.39, 0.29) is 5.75 Å². The van der Waals surface area contributed by atoms with Gasteiger partial charge in [0.25, 0.3) is 0 Å². The molecule has 17 heavy (non-hydrogen) atoms. The number of phenols is 1. The maximum Gasteiger partial charge on any atom is 0.306 e. The van der Waals surface area contributed by atoms with Gasteiger partial charge in [0.1, 0.15) is 0 Å². The van der Waals surface area contributed by atoms with E-state index in [0.29, 0.717) is 12.2 Å². The zero-order valence-corrected chi connectivity index (χ0v) is 10.6. The molecule has 0 aliphatic heterocycles. The summed E-state index contributed by atoms with van der Waals surface area (Å²) in [6.07, 6.45) is 0.429. The van der Waals surface area contributed by atoms with E-state index in [1.165, 1.54) is 7.11 Å². The minimum absolute atomic E-state index is 0.122. The minimum Gasteiger partial charge on any atom is -0.504 e. The average molecular weight is 238 g/mol. The first-order valence-electron chi connectivity index (χ1n) is 5.47. The van der Waals surface area contributed by atoms with Gasteiger partial charge >= 0.3 is 5.97 Å². The molecule has 1 aromatic rings. The Kier molecular flexibility index (Phi) is 3.99. The number of carboxylic acids is 1. The van der Waals surface area contributed by atoms with Crippen LogP contribution in [-0.2, 0) is 11.2 Å². The number of rotatable bonds is 4. The van der Waals surface area contributed by atoms with Gasteiger partial charge in [0.2, 0.25) is 0 Å². The Morgan fingerprint density at radius 2 is 2.00 bits per heavy atom. The number of hydrogen-bond donors (Lipinski definition) is 2. The Labute approximate surface area is 101 Å². The number of carbonyl (C=O) groups is 1. The highest BCUT2D eigenvalue weighted by molar-refractivity contribution is 5.70. The van der Waals surface area contributed by atoms with Crippen LogP contribution in [0.1, 0.15) is 23.6 Å². The predicted octanol–water partition coefficient (Wildman–Crippen LogP) is 2.28. The molecule has 0 heterocycles. The summed E-state index contributed by atoms with van der Waals surface area (Å²) in [5.41, 5.74) is 2.54. The number of methoxy groups -OCH3 is 1. The van der Waals surface area contributed by atoms with Gasteiger partial charge < -0.3 is 14.9 Å². The lowest BCUT2D eigenvalue weighted by Crippen LogP contribution is -2.13. The molecule has 0 saturated heterocycles. The molecule has 0 radical (unpaired) electrons. The van der Waals surface area contributed by atoms with Crippen LogP contribution in [-0.4, -0.2) is 23.3 Å². The first-order chi connectivity index (χ1) is 7.88. The van der Waals surface area contributed by atoms with E-state index < -0.39 is 11.9 Å². The summed E-state index contributed by atoms with van der Waals surface area (Å²) < 4.78 is 5.07. The SMILES string of the molecule is COc1cc(CC(C)C(=O)O)c(C)c(C)c1O. The highest BCUT2D eigenvalue weighted by Gasteiger charge is 2.17. The van der Waals surface area contributed by atoms with Gasteiger partial charge in [-0.2, -0.15) is 0 Å². The van der Waals surface area contributed by atoms with Gasteiger partial charge in [-0.3, -0.25) is 4.79 Å². The Morgan fingerprint density at radius 3 is 2.47 bits per heavy atom. The summed E-state index contributed by atoms with van der Waals surface area (Å²) >= 11 is 0. The molecular formula is C13H18O4. The van der Waals surface area contributed by atoms with Gasteiger partial charge in [0, 0.05) is 0 Å². The number of aliphatic carboxylic acids is 1. The fourth-order valence-electron chi connectivity index (χ4n) is 1.72. The second-order valence-corrected chi connectivity index (χ2v) is 4.28. The quantitative estimate of drug-likeness (QED) is 0.844. The van der Waals surface area contributed by atoms with Crippen LogP contribution in [0.2, 0.25) is 0 Å². The van der Waals surface area contributed by atoms with Crippen LogP contribution in [0.4, 0.5) is 0 Å². The molecule has 2 N–H and O–H groups in total. The summed E-state index contributed by atoms with van der Waals surface area (Å²) in [6, 6.07) is 1.71. The highest BCUT2D eigenvalue weighted by Crippen LogP contribution is 2.34. The molecule has 4 heteroatoms. The third-order valence-electron chi connectivity index (χ3n) is 3.11. The van der Waals surface area contributed by atoms with Crippen molar-refractivity contribution >= 4 is 5.97 Å². The molecule has 0 bridgehead atoms. The Balaban J connectivity index is 3.16. The molecule has 1 unspecified atom stereocenters. The Bertz CT molecular complexity index is 438. The van der Waals surface area contributed by atoms with Crippen molar-refractivity contribution < 1.29 is 19.7 Å². The molecule has 1 aromatic carbocycles. The third kappa shape index (κ3) is 2.70. The molecule has 94 valence electrons. The second-order valence-electron chi connectivity index (χ2n) is 4.28. The number of ether oxygens (including phenoxy) is 1. The average Bonchev–Trinajstić information content (AvgIpc) is 2.29. The maximum absolute atomic E-state index is 10.8. The molecule has 0 aliphatic carbocycles.